The third kappa shape index (κ3) is 4.11. The second-order valence-corrected chi connectivity index (χ2v) is 4.17. The van der Waals surface area contributed by atoms with Gasteiger partial charge in [0.25, 0.3) is 0 Å². The zero-order valence-corrected chi connectivity index (χ0v) is 10.5. The first-order valence-electron chi connectivity index (χ1n) is 2.89. The van der Waals surface area contributed by atoms with Crippen LogP contribution in [0.2, 0.25) is 0 Å². The van der Waals surface area contributed by atoms with Crippen LogP contribution in [0.1, 0.15) is 0 Å². The van der Waals surface area contributed by atoms with Crippen molar-refractivity contribution in [3.63, 3.8) is 0 Å². The predicted molar refractivity (Wildman–Crippen MR) is 42.2 cm³/mol. The molecule has 0 aliphatic carbocycles. The summed E-state index contributed by atoms with van der Waals surface area (Å²) < 4.78 is 33.5. The number of rotatable bonds is 1. The molecule has 0 N–H and O–H groups in total. The average Bonchev–Trinajstić information content (AvgIpc) is 2.12. The molecule has 12 heavy (non-hydrogen) atoms. The van der Waals surface area contributed by atoms with Gasteiger partial charge in [0.15, 0.2) is 5.17 Å². The largest absolute Gasteiger partial charge is 1.00 e. The number of thioether (sulfide) groups is 1. The van der Waals surface area contributed by atoms with Crippen LogP contribution in [0.5, 0.6) is 0 Å². The minimum absolute atomic E-state index is 0. The molecular formula is C4H7N2NaO3S2. The maximum Gasteiger partial charge on any atom is 1.00 e. The molecule has 0 atom stereocenters. The molecule has 64 valence electrons. The van der Waals surface area contributed by atoms with Crippen LogP contribution in [0.25, 0.3) is 0 Å². The second kappa shape index (κ2) is 4.83. The van der Waals surface area contributed by atoms with Crippen LogP contribution < -0.4 is 29.6 Å². The van der Waals surface area contributed by atoms with E-state index < -0.39 is 10.3 Å². The summed E-state index contributed by atoms with van der Waals surface area (Å²) in [6.45, 7) is 0.735. The monoisotopic (exact) mass is 218 g/mol. The normalized spacial score (nSPS) is 21.2. The Hall–Kier alpha value is 0.730. The third-order valence-electron chi connectivity index (χ3n) is 1.17. The molecule has 5 nitrogen and oxygen atoms in total. The van der Waals surface area contributed by atoms with Gasteiger partial charge in [-0.1, -0.05) is 11.8 Å². The summed E-state index contributed by atoms with van der Waals surface area (Å²) in [5, 5.41) is 0.292. The van der Waals surface area contributed by atoms with Crippen molar-refractivity contribution in [2.24, 2.45) is 4.40 Å². The Morgan fingerprint density at radius 1 is 1.67 bits per heavy atom. The standard InChI is InChI=1S/C4H8N2O3S2.Na/c1-6-2-3-10-4(6)5-11(7,8)9;/h2-3H2,1H3,(H,7,8,9);/q;+1/p-1. The maximum atomic E-state index is 10.1. The minimum Gasteiger partial charge on any atom is -0.729 e. The molecule has 1 aliphatic heterocycles. The summed E-state index contributed by atoms with van der Waals surface area (Å²) in [5.41, 5.74) is 0. The van der Waals surface area contributed by atoms with Crippen molar-refractivity contribution in [2.45, 2.75) is 0 Å². The van der Waals surface area contributed by atoms with Crippen molar-refractivity contribution in [1.29, 1.82) is 0 Å². The number of hydrogen-bond acceptors (Lipinski definition) is 4. The van der Waals surface area contributed by atoms with E-state index in [-0.39, 0.29) is 29.6 Å². The quantitative estimate of drug-likeness (QED) is 0.337. The topological polar surface area (TPSA) is 72.8 Å². The van der Waals surface area contributed by atoms with E-state index in [9.17, 15) is 13.0 Å². The van der Waals surface area contributed by atoms with Gasteiger partial charge in [0.1, 0.15) is 0 Å². The Kier molecular flexibility index (Phi) is 5.12. The van der Waals surface area contributed by atoms with Gasteiger partial charge in [-0.25, -0.2) is 8.42 Å². The number of nitrogens with zero attached hydrogens (tertiary/aromatic N) is 2. The van der Waals surface area contributed by atoms with Gasteiger partial charge in [-0.2, -0.15) is 0 Å². The summed E-state index contributed by atoms with van der Waals surface area (Å²) in [5.74, 6) is 0.783. The Morgan fingerprint density at radius 3 is 2.58 bits per heavy atom. The van der Waals surface area contributed by atoms with Crippen LogP contribution in [-0.4, -0.2) is 42.4 Å². The Balaban J connectivity index is 0.00000121. The number of amidine groups is 1. The molecule has 1 fully saturated rings. The Labute approximate surface area is 97.8 Å². The van der Waals surface area contributed by atoms with Crippen LogP contribution >= 0.6 is 11.8 Å². The second-order valence-electron chi connectivity index (χ2n) is 2.07. The van der Waals surface area contributed by atoms with Crippen molar-refractivity contribution in [1.82, 2.24) is 4.90 Å². The molecule has 1 heterocycles. The fourth-order valence-corrected chi connectivity index (χ4v) is 2.35. The molecule has 1 saturated heterocycles. The molecule has 0 unspecified atom stereocenters. The molecule has 0 radical (unpaired) electrons. The van der Waals surface area contributed by atoms with Gasteiger partial charge in [-0.3, -0.25) is 0 Å². The first kappa shape index (κ1) is 12.7. The van der Waals surface area contributed by atoms with Gasteiger partial charge >= 0.3 is 29.6 Å². The molecule has 8 heteroatoms. The van der Waals surface area contributed by atoms with Crippen molar-refractivity contribution >= 4 is 27.2 Å². The Bertz CT molecular complexity index is 276. The van der Waals surface area contributed by atoms with Crippen molar-refractivity contribution in [2.75, 3.05) is 19.3 Å². The summed E-state index contributed by atoms with van der Waals surface area (Å²) >= 11 is 1.27. The van der Waals surface area contributed by atoms with E-state index in [0.29, 0.717) is 5.17 Å². The zero-order valence-electron chi connectivity index (χ0n) is 6.85. The van der Waals surface area contributed by atoms with Crippen LogP contribution in [0.4, 0.5) is 0 Å². The van der Waals surface area contributed by atoms with Gasteiger partial charge in [-0.15, -0.1) is 4.40 Å². The molecule has 0 aromatic rings. The molecule has 0 amide bonds. The van der Waals surface area contributed by atoms with Gasteiger partial charge in [0.05, 0.1) is 0 Å². The first-order chi connectivity index (χ1) is 4.99. The van der Waals surface area contributed by atoms with Gasteiger partial charge in [0, 0.05) is 19.3 Å². The van der Waals surface area contributed by atoms with Crippen LogP contribution in [0.3, 0.4) is 0 Å². The van der Waals surface area contributed by atoms with Crippen molar-refractivity contribution < 1.29 is 42.5 Å². The van der Waals surface area contributed by atoms with E-state index >= 15 is 0 Å². The van der Waals surface area contributed by atoms with Crippen molar-refractivity contribution in [3.8, 4) is 0 Å². The van der Waals surface area contributed by atoms with Crippen molar-refractivity contribution in [3.05, 3.63) is 0 Å². The summed E-state index contributed by atoms with van der Waals surface area (Å²) in [6, 6.07) is 0. The predicted octanol–water partition coefficient (Wildman–Crippen LogP) is -3.51. The van der Waals surface area contributed by atoms with E-state index in [1.165, 1.54) is 11.8 Å². The van der Waals surface area contributed by atoms with Crippen LogP contribution in [-0.2, 0) is 10.3 Å². The van der Waals surface area contributed by atoms with E-state index in [4.69, 9.17) is 0 Å². The van der Waals surface area contributed by atoms with E-state index in [0.717, 1.165) is 12.3 Å². The van der Waals surface area contributed by atoms with Gasteiger partial charge in [-0.05, 0) is 0 Å². The van der Waals surface area contributed by atoms with E-state index in [2.05, 4.69) is 4.40 Å². The Morgan fingerprint density at radius 2 is 2.25 bits per heavy atom. The fraction of sp³-hybridized carbons (Fsp3) is 0.750. The van der Waals surface area contributed by atoms with E-state index in [1.54, 1.807) is 11.9 Å². The molecule has 0 aromatic carbocycles. The smallest absolute Gasteiger partial charge is 0.729 e. The molecule has 0 saturated carbocycles. The SMILES string of the molecule is CN1CCSC1=NS(=O)(=O)[O-].[Na+]. The molecular weight excluding hydrogens is 211 g/mol. The fourth-order valence-electron chi connectivity index (χ4n) is 0.671. The minimum atomic E-state index is -4.46. The molecule has 0 bridgehead atoms. The summed E-state index contributed by atoms with van der Waals surface area (Å²) in [7, 11) is -2.77. The van der Waals surface area contributed by atoms with Crippen LogP contribution in [0.15, 0.2) is 4.40 Å². The zero-order chi connectivity index (χ0) is 8.48. The van der Waals surface area contributed by atoms with Gasteiger partial charge in [0.2, 0.25) is 10.3 Å². The first-order valence-corrected chi connectivity index (χ1v) is 5.24. The average molecular weight is 218 g/mol. The van der Waals surface area contributed by atoms with E-state index in [1.807, 2.05) is 0 Å². The molecule has 0 aromatic heterocycles. The van der Waals surface area contributed by atoms with Crippen LogP contribution in [0, 0.1) is 0 Å². The maximum absolute atomic E-state index is 10.1. The summed E-state index contributed by atoms with van der Waals surface area (Å²) in [6.07, 6.45) is 0. The number of hydrogen-bond donors (Lipinski definition) is 0. The molecule has 0 spiro atoms. The summed E-state index contributed by atoms with van der Waals surface area (Å²) in [4.78, 5) is 1.64. The molecule has 1 aliphatic rings. The third-order valence-corrected chi connectivity index (χ3v) is 2.73. The van der Waals surface area contributed by atoms with Gasteiger partial charge < -0.3 is 9.45 Å². The molecule has 1 rings (SSSR count).